The van der Waals surface area contributed by atoms with E-state index in [1.165, 1.54) is 18.2 Å². The van der Waals surface area contributed by atoms with Gasteiger partial charge in [-0.1, -0.05) is 24.6 Å². The second-order valence-electron chi connectivity index (χ2n) is 3.50. The summed E-state index contributed by atoms with van der Waals surface area (Å²) in [5, 5.41) is 5.22. The van der Waals surface area contributed by atoms with Gasteiger partial charge in [-0.15, -0.1) is 0 Å². The smallest absolute Gasteiger partial charge is 0.319 e. The minimum atomic E-state index is -0.549. The second kappa shape index (κ2) is 5.70. The van der Waals surface area contributed by atoms with Gasteiger partial charge in [0.2, 0.25) is 0 Å². The van der Waals surface area contributed by atoms with Crippen LogP contribution in [0, 0.1) is 5.82 Å². The average molecular weight is 245 g/mol. The molecule has 0 heterocycles. The Labute approximate surface area is 99.0 Å². The molecule has 1 rings (SSSR count). The number of nitrogens with one attached hydrogen (secondary N) is 2. The molecule has 3 nitrogen and oxygen atoms in total. The van der Waals surface area contributed by atoms with E-state index in [0.29, 0.717) is 0 Å². The first-order valence-corrected chi connectivity index (χ1v) is 5.44. The fourth-order valence-electron chi connectivity index (χ4n) is 1.09. The number of rotatable bonds is 3. The van der Waals surface area contributed by atoms with E-state index in [1.807, 2.05) is 13.8 Å². The van der Waals surface area contributed by atoms with Crippen LogP contribution in [0.25, 0.3) is 0 Å². The summed E-state index contributed by atoms with van der Waals surface area (Å²) in [5.41, 5.74) is 0.00460. The van der Waals surface area contributed by atoms with Gasteiger partial charge in [-0.2, -0.15) is 0 Å². The van der Waals surface area contributed by atoms with Crippen molar-refractivity contribution >= 4 is 23.3 Å². The molecule has 0 bridgehead atoms. The molecule has 88 valence electrons. The van der Waals surface area contributed by atoms with Crippen molar-refractivity contribution in [1.82, 2.24) is 5.32 Å². The van der Waals surface area contributed by atoms with Gasteiger partial charge in [0.25, 0.3) is 0 Å². The Balaban J connectivity index is 2.70. The van der Waals surface area contributed by atoms with Crippen molar-refractivity contribution in [1.29, 1.82) is 0 Å². The van der Waals surface area contributed by atoms with E-state index in [9.17, 15) is 9.18 Å². The zero-order valence-electron chi connectivity index (χ0n) is 9.18. The van der Waals surface area contributed by atoms with Crippen LogP contribution in [0.4, 0.5) is 14.9 Å². The molecule has 0 saturated carbocycles. The van der Waals surface area contributed by atoms with E-state index in [4.69, 9.17) is 11.6 Å². The molecule has 0 saturated heterocycles. The highest BCUT2D eigenvalue weighted by atomic mass is 35.5. The SMILES string of the molecule is CCC(C)NC(=O)Nc1c(F)cccc1Cl. The molecule has 2 N–H and O–H groups in total. The molecule has 16 heavy (non-hydrogen) atoms. The van der Waals surface area contributed by atoms with Gasteiger partial charge in [-0.25, -0.2) is 9.18 Å². The molecular weight excluding hydrogens is 231 g/mol. The summed E-state index contributed by atoms with van der Waals surface area (Å²) in [5.74, 6) is -0.549. The second-order valence-corrected chi connectivity index (χ2v) is 3.91. The first-order valence-electron chi connectivity index (χ1n) is 5.06. The summed E-state index contributed by atoms with van der Waals surface area (Å²) in [4.78, 5) is 11.4. The highest BCUT2D eigenvalue weighted by molar-refractivity contribution is 6.33. The lowest BCUT2D eigenvalue weighted by atomic mass is 10.2. The Morgan fingerprint density at radius 1 is 1.56 bits per heavy atom. The number of hydrogen-bond donors (Lipinski definition) is 2. The molecule has 0 aliphatic carbocycles. The van der Waals surface area contributed by atoms with E-state index < -0.39 is 11.8 Å². The Hall–Kier alpha value is -1.29. The maximum Gasteiger partial charge on any atom is 0.319 e. The van der Waals surface area contributed by atoms with Crippen LogP contribution in [0.2, 0.25) is 5.02 Å². The molecule has 0 spiro atoms. The van der Waals surface area contributed by atoms with Crippen molar-refractivity contribution in [2.75, 3.05) is 5.32 Å². The van der Waals surface area contributed by atoms with Crippen molar-refractivity contribution in [3.63, 3.8) is 0 Å². The van der Waals surface area contributed by atoms with Gasteiger partial charge in [0.1, 0.15) is 5.82 Å². The lowest BCUT2D eigenvalue weighted by molar-refractivity contribution is 0.249. The van der Waals surface area contributed by atoms with Crippen molar-refractivity contribution in [3.05, 3.63) is 29.0 Å². The molecule has 2 amide bonds. The fraction of sp³-hybridized carbons (Fsp3) is 0.364. The predicted molar refractivity (Wildman–Crippen MR) is 63.3 cm³/mol. The summed E-state index contributed by atoms with van der Waals surface area (Å²) in [6.45, 7) is 3.81. The lowest BCUT2D eigenvalue weighted by Crippen LogP contribution is -2.35. The summed E-state index contributed by atoms with van der Waals surface area (Å²) < 4.78 is 13.3. The molecule has 5 heteroatoms. The number of benzene rings is 1. The minimum absolute atomic E-state index is 0.00460. The van der Waals surface area contributed by atoms with Gasteiger partial charge in [0.15, 0.2) is 0 Å². The highest BCUT2D eigenvalue weighted by Gasteiger charge is 2.11. The van der Waals surface area contributed by atoms with Crippen LogP contribution < -0.4 is 10.6 Å². The van der Waals surface area contributed by atoms with Gasteiger partial charge < -0.3 is 10.6 Å². The van der Waals surface area contributed by atoms with Crippen LogP contribution in [0.1, 0.15) is 20.3 Å². The van der Waals surface area contributed by atoms with Gasteiger partial charge >= 0.3 is 6.03 Å². The van der Waals surface area contributed by atoms with Crippen LogP contribution >= 0.6 is 11.6 Å². The monoisotopic (exact) mass is 244 g/mol. The van der Waals surface area contributed by atoms with Crippen molar-refractivity contribution in [2.24, 2.45) is 0 Å². The topological polar surface area (TPSA) is 41.1 Å². The third-order valence-corrected chi connectivity index (χ3v) is 2.51. The molecular formula is C11H14ClFN2O. The summed E-state index contributed by atoms with van der Waals surface area (Å²) in [7, 11) is 0. The van der Waals surface area contributed by atoms with Crippen molar-refractivity contribution in [2.45, 2.75) is 26.3 Å². The highest BCUT2D eigenvalue weighted by Crippen LogP contribution is 2.24. The normalized spacial score (nSPS) is 12.0. The number of anilines is 1. The molecule has 1 unspecified atom stereocenters. The molecule has 1 aromatic rings. The number of halogens is 2. The molecule has 0 aromatic heterocycles. The fourth-order valence-corrected chi connectivity index (χ4v) is 1.30. The van der Waals surface area contributed by atoms with Gasteiger partial charge in [-0.05, 0) is 25.5 Å². The number of carbonyl (C=O) groups excluding carboxylic acids is 1. The van der Waals surface area contributed by atoms with Crippen LogP contribution in [-0.2, 0) is 0 Å². The Morgan fingerprint density at radius 2 is 2.25 bits per heavy atom. The zero-order valence-corrected chi connectivity index (χ0v) is 9.94. The lowest BCUT2D eigenvalue weighted by Gasteiger charge is -2.13. The van der Waals surface area contributed by atoms with E-state index >= 15 is 0 Å². The summed E-state index contributed by atoms with van der Waals surface area (Å²) in [6, 6.07) is 3.82. The maximum absolute atomic E-state index is 13.3. The summed E-state index contributed by atoms with van der Waals surface area (Å²) >= 11 is 5.76. The minimum Gasteiger partial charge on any atom is -0.335 e. The third kappa shape index (κ3) is 3.38. The van der Waals surface area contributed by atoms with E-state index in [1.54, 1.807) is 0 Å². The van der Waals surface area contributed by atoms with Crippen LogP contribution in [-0.4, -0.2) is 12.1 Å². The predicted octanol–water partition coefficient (Wildman–Crippen LogP) is 3.40. The van der Waals surface area contributed by atoms with E-state index in [2.05, 4.69) is 10.6 Å². The largest absolute Gasteiger partial charge is 0.335 e. The number of carbonyl (C=O) groups is 1. The number of para-hydroxylation sites is 1. The van der Waals surface area contributed by atoms with Crippen molar-refractivity contribution < 1.29 is 9.18 Å². The third-order valence-electron chi connectivity index (χ3n) is 2.19. The zero-order chi connectivity index (χ0) is 12.1. The maximum atomic E-state index is 13.3. The average Bonchev–Trinajstić information content (AvgIpc) is 2.23. The Bertz CT molecular complexity index is 364. The first kappa shape index (κ1) is 12.8. The molecule has 1 aromatic carbocycles. The van der Waals surface area contributed by atoms with Gasteiger partial charge in [0.05, 0.1) is 10.7 Å². The first-order chi connectivity index (χ1) is 7.54. The molecule has 0 aliphatic rings. The van der Waals surface area contributed by atoms with E-state index in [-0.39, 0.29) is 16.8 Å². The Morgan fingerprint density at radius 3 is 2.81 bits per heavy atom. The molecule has 0 fully saturated rings. The van der Waals surface area contributed by atoms with Gasteiger partial charge in [0, 0.05) is 6.04 Å². The number of amides is 2. The summed E-state index contributed by atoms with van der Waals surface area (Å²) in [6.07, 6.45) is 0.804. The van der Waals surface area contributed by atoms with Crippen LogP contribution in [0.15, 0.2) is 18.2 Å². The van der Waals surface area contributed by atoms with Crippen molar-refractivity contribution in [3.8, 4) is 0 Å². The van der Waals surface area contributed by atoms with E-state index in [0.717, 1.165) is 6.42 Å². The molecule has 0 aliphatic heterocycles. The van der Waals surface area contributed by atoms with Gasteiger partial charge in [-0.3, -0.25) is 0 Å². The Kier molecular flexibility index (Phi) is 4.55. The number of hydrogen-bond acceptors (Lipinski definition) is 1. The number of urea groups is 1. The standard InChI is InChI=1S/C11H14ClFN2O/c1-3-7(2)14-11(16)15-10-8(12)5-4-6-9(10)13/h4-7H,3H2,1-2H3,(H2,14,15,16). The molecule has 1 atom stereocenters. The quantitative estimate of drug-likeness (QED) is 0.841. The van der Waals surface area contributed by atoms with Crippen LogP contribution in [0.5, 0.6) is 0 Å². The van der Waals surface area contributed by atoms with Crippen LogP contribution in [0.3, 0.4) is 0 Å². The molecule has 0 radical (unpaired) electrons.